The fourth-order valence-electron chi connectivity index (χ4n) is 0.685. The summed E-state index contributed by atoms with van der Waals surface area (Å²) in [5, 5.41) is 4.48. The molecule has 0 saturated carbocycles. The Morgan fingerprint density at radius 2 is 2.46 bits per heavy atom. The quantitative estimate of drug-likeness (QED) is 0.912. The molecule has 1 aromatic rings. The first kappa shape index (κ1) is 12.6. The van der Waals surface area contributed by atoms with Crippen LogP contribution in [-0.2, 0) is 0 Å². The van der Waals surface area contributed by atoms with Crippen molar-refractivity contribution >= 4 is 33.2 Å². The molecule has 1 rings (SSSR count). The van der Waals surface area contributed by atoms with Crippen LogP contribution >= 0.6 is 27.3 Å². The fourth-order valence-corrected chi connectivity index (χ4v) is 1.68. The van der Waals surface area contributed by atoms with Gasteiger partial charge in [0.2, 0.25) is 0 Å². The van der Waals surface area contributed by atoms with Crippen LogP contribution in [0.4, 0.5) is 0 Å². The Morgan fingerprint density at radius 1 is 1.77 bits per heavy atom. The normalized spacial score (nSPS) is 9.08. The van der Waals surface area contributed by atoms with Crippen LogP contribution in [0.25, 0.3) is 0 Å². The fraction of sp³-hybridized carbons (Fsp3) is 0.500. The largest absolute Gasteiger partial charge is 0.351 e. The van der Waals surface area contributed by atoms with Crippen molar-refractivity contribution in [1.82, 2.24) is 10.3 Å². The third-order valence-corrected chi connectivity index (χ3v) is 2.61. The minimum absolute atomic E-state index is 0. The summed E-state index contributed by atoms with van der Waals surface area (Å²) in [6, 6.07) is 0. The van der Waals surface area contributed by atoms with Crippen LogP contribution in [0, 0.1) is 0 Å². The van der Waals surface area contributed by atoms with E-state index in [0.29, 0.717) is 12.2 Å². The van der Waals surface area contributed by atoms with Gasteiger partial charge >= 0.3 is 0 Å². The van der Waals surface area contributed by atoms with Crippen molar-refractivity contribution in [3.05, 3.63) is 15.0 Å². The average Bonchev–Trinajstić information content (AvgIpc) is 2.47. The van der Waals surface area contributed by atoms with Crippen LogP contribution < -0.4 is 5.32 Å². The van der Waals surface area contributed by atoms with Gasteiger partial charge < -0.3 is 5.32 Å². The molecule has 0 saturated heterocycles. The molecule has 0 aliphatic rings. The first-order valence-corrected chi connectivity index (χ1v) is 5.30. The summed E-state index contributed by atoms with van der Waals surface area (Å²) in [6.07, 6.45) is 0.942. The van der Waals surface area contributed by atoms with Crippen molar-refractivity contribution in [3.63, 3.8) is 0 Å². The van der Waals surface area contributed by atoms with Crippen LogP contribution in [0.1, 0.15) is 31.3 Å². The number of hydrogen-bond acceptors (Lipinski definition) is 3. The molecule has 0 spiro atoms. The Morgan fingerprint density at radius 3 is 2.92 bits per heavy atom. The maximum atomic E-state index is 11.2. The molecular weight excluding hydrogens is 252 g/mol. The number of amides is 1. The van der Waals surface area contributed by atoms with Crippen LogP contribution in [-0.4, -0.2) is 17.4 Å². The number of carbonyl (C=O) groups is 1. The van der Waals surface area contributed by atoms with Gasteiger partial charge in [0.05, 0.1) is 0 Å². The first-order chi connectivity index (χ1) is 5.74. The number of halogens is 1. The highest BCUT2D eigenvalue weighted by Crippen LogP contribution is 2.15. The summed E-state index contributed by atoms with van der Waals surface area (Å²) in [4.78, 5) is 15.2. The number of thiazole rings is 1. The molecule has 0 unspecified atom stereocenters. The lowest BCUT2D eigenvalue weighted by Gasteiger charge is -1.98. The minimum Gasteiger partial charge on any atom is -0.351 e. The Labute approximate surface area is 90.7 Å². The van der Waals surface area contributed by atoms with Crippen LogP contribution in [0.15, 0.2) is 9.30 Å². The molecule has 1 N–H and O–H groups in total. The van der Waals surface area contributed by atoms with Crippen molar-refractivity contribution in [2.45, 2.75) is 20.8 Å². The molecule has 74 valence electrons. The van der Waals surface area contributed by atoms with Gasteiger partial charge in [0.25, 0.3) is 5.91 Å². The number of carbonyl (C=O) groups excluding carboxylic acids is 1. The number of nitrogens with zero attached hydrogens (tertiary/aromatic N) is 1. The van der Waals surface area contributed by atoms with E-state index in [-0.39, 0.29) is 13.3 Å². The molecule has 0 aliphatic carbocycles. The van der Waals surface area contributed by atoms with Gasteiger partial charge in [0, 0.05) is 11.9 Å². The van der Waals surface area contributed by atoms with Gasteiger partial charge in [-0.1, -0.05) is 14.4 Å². The van der Waals surface area contributed by atoms with E-state index in [0.717, 1.165) is 10.3 Å². The molecule has 0 aliphatic heterocycles. The molecule has 5 heteroatoms. The second-order valence-electron chi connectivity index (χ2n) is 2.24. The molecule has 0 aromatic carbocycles. The third-order valence-electron chi connectivity index (χ3n) is 1.24. The molecule has 1 heterocycles. The maximum Gasteiger partial charge on any atom is 0.270 e. The zero-order valence-corrected chi connectivity index (χ0v) is 9.04. The van der Waals surface area contributed by atoms with E-state index < -0.39 is 0 Å². The smallest absolute Gasteiger partial charge is 0.270 e. The predicted molar refractivity (Wildman–Crippen MR) is 59.2 cm³/mol. The predicted octanol–water partition coefficient (Wildman–Crippen LogP) is 2.68. The SMILES string of the molecule is C.CCCNC(=O)c1csc(Br)n1. The highest BCUT2D eigenvalue weighted by molar-refractivity contribution is 9.11. The van der Waals surface area contributed by atoms with Crippen LogP contribution in [0.3, 0.4) is 0 Å². The van der Waals surface area contributed by atoms with Crippen molar-refractivity contribution in [1.29, 1.82) is 0 Å². The van der Waals surface area contributed by atoms with Gasteiger partial charge in [-0.3, -0.25) is 4.79 Å². The zero-order valence-electron chi connectivity index (χ0n) is 6.63. The topological polar surface area (TPSA) is 42.0 Å². The van der Waals surface area contributed by atoms with Crippen LogP contribution in [0.5, 0.6) is 0 Å². The van der Waals surface area contributed by atoms with Gasteiger partial charge in [-0.05, 0) is 22.4 Å². The molecule has 0 radical (unpaired) electrons. The summed E-state index contributed by atoms with van der Waals surface area (Å²) in [5.41, 5.74) is 0.486. The minimum atomic E-state index is -0.0983. The van der Waals surface area contributed by atoms with Crippen molar-refractivity contribution < 1.29 is 4.79 Å². The van der Waals surface area contributed by atoms with E-state index in [2.05, 4.69) is 26.2 Å². The molecule has 3 nitrogen and oxygen atoms in total. The molecule has 13 heavy (non-hydrogen) atoms. The molecule has 0 bridgehead atoms. The van der Waals surface area contributed by atoms with E-state index in [4.69, 9.17) is 0 Å². The summed E-state index contributed by atoms with van der Waals surface area (Å²) < 4.78 is 0.740. The molecule has 0 fully saturated rings. The van der Waals surface area contributed by atoms with Crippen molar-refractivity contribution in [2.24, 2.45) is 0 Å². The van der Waals surface area contributed by atoms with E-state index in [9.17, 15) is 4.79 Å². The average molecular weight is 265 g/mol. The lowest BCUT2D eigenvalue weighted by Crippen LogP contribution is -2.24. The number of aromatic nitrogens is 1. The Bertz CT molecular complexity index is 275. The van der Waals surface area contributed by atoms with Crippen molar-refractivity contribution in [2.75, 3.05) is 6.54 Å². The Balaban J connectivity index is 0.00000144. The van der Waals surface area contributed by atoms with E-state index in [1.165, 1.54) is 11.3 Å². The summed E-state index contributed by atoms with van der Waals surface area (Å²) in [5.74, 6) is -0.0983. The van der Waals surface area contributed by atoms with E-state index >= 15 is 0 Å². The summed E-state index contributed by atoms with van der Waals surface area (Å²) in [7, 11) is 0. The first-order valence-electron chi connectivity index (χ1n) is 3.63. The zero-order chi connectivity index (χ0) is 8.97. The van der Waals surface area contributed by atoms with Gasteiger partial charge in [0.1, 0.15) is 5.69 Å². The summed E-state index contributed by atoms with van der Waals surface area (Å²) in [6.45, 7) is 2.71. The second kappa shape index (κ2) is 6.10. The van der Waals surface area contributed by atoms with E-state index in [1.807, 2.05) is 6.92 Å². The summed E-state index contributed by atoms with van der Waals surface area (Å²) >= 11 is 4.61. The van der Waals surface area contributed by atoms with Gasteiger partial charge in [-0.15, -0.1) is 11.3 Å². The number of rotatable bonds is 3. The molecule has 1 amide bonds. The third kappa shape index (κ3) is 3.87. The highest BCUT2D eigenvalue weighted by atomic mass is 79.9. The molecular formula is C8H13BrN2OS. The maximum absolute atomic E-state index is 11.2. The Hall–Kier alpha value is -0.420. The number of nitrogens with one attached hydrogen (secondary N) is 1. The molecule has 1 aromatic heterocycles. The van der Waals surface area contributed by atoms with E-state index in [1.54, 1.807) is 5.38 Å². The number of hydrogen-bond donors (Lipinski definition) is 1. The van der Waals surface area contributed by atoms with Crippen LogP contribution in [0.2, 0.25) is 0 Å². The lowest BCUT2D eigenvalue weighted by molar-refractivity contribution is 0.0949. The monoisotopic (exact) mass is 264 g/mol. The Kier molecular flexibility index (Phi) is 5.90. The van der Waals surface area contributed by atoms with Gasteiger partial charge in [0.15, 0.2) is 3.92 Å². The van der Waals surface area contributed by atoms with Gasteiger partial charge in [-0.2, -0.15) is 0 Å². The standard InChI is InChI=1S/C7H9BrN2OS.CH4/c1-2-3-9-6(11)5-4-12-7(8)10-5;/h4H,2-3H2,1H3,(H,9,11);1H4. The highest BCUT2D eigenvalue weighted by Gasteiger charge is 2.07. The van der Waals surface area contributed by atoms with Crippen molar-refractivity contribution in [3.8, 4) is 0 Å². The van der Waals surface area contributed by atoms with Gasteiger partial charge in [-0.25, -0.2) is 4.98 Å². The molecule has 0 atom stereocenters. The lowest BCUT2D eigenvalue weighted by atomic mass is 10.4. The second-order valence-corrected chi connectivity index (χ2v) is 4.38.